The fraction of sp³-hybridized carbons (Fsp3) is 0.562. The van der Waals surface area contributed by atoms with Gasteiger partial charge in [-0.15, -0.1) is 0 Å². The van der Waals surface area contributed by atoms with Gasteiger partial charge < -0.3 is 20.5 Å². The first-order chi connectivity index (χ1) is 9.99. The first kappa shape index (κ1) is 17.9. The number of rotatable bonds is 3. The van der Waals surface area contributed by atoms with Gasteiger partial charge in [0, 0.05) is 20.7 Å². The van der Waals surface area contributed by atoms with Gasteiger partial charge in [-0.1, -0.05) is 30.3 Å². The van der Waals surface area contributed by atoms with Crippen LogP contribution in [0.2, 0.25) is 0 Å². The van der Waals surface area contributed by atoms with Crippen LogP contribution in [-0.4, -0.2) is 48.0 Å². The molecule has 1 fully saturated rings. The average Bonchev–Trinajstić information content (AvgIpc) is 2.47. The molecule has 3 N–H and O–H groups in total. The van der Waals surface area contributed by atoms with Gasteiger partial charge in [-0.2, -0.15) is 0 Å². The van der Waals surface area contributed by atoms with E-state index >= 15 is 0 Å². The maximum atomic E-state index is 9.50. The first-order valence-corrected chi connectivity index (χ1v) is 7.70. The van der Waals surface area contributed by atoms with E-state index in [9.17, 15) is 5.11 Å². The molecular formula is C16H26N2O2S. The number of hydrogen-bond acceptors (Lipinski definition) is 3. The van der Waals surface area contributed by atoms with Gasteiger partial charge in [0.1, 0.15) is 0 Å². The van der Waals surface area contributed by atoms with E-state index in [2.05, 4.69) is 36.5 Å². The lowest BCUT2D eigenvalue weighted by Gasteiger charge is -2.26. The van der Waals surface area contributed by atoms with E-state index in [0.717, 1.165) is 25.7 Å². The Kier molecular flexibility index (Phi) is 8.27. The molecular weight excluding hydrogens is 284 g/mol. The lowest BCUT2D eigenvalue weighted by molar-refractivity contribution is -0.0459. The van der Waals surface area contributed by atoms with E-state index in [1.807, 2.05) is 20.2 Å². The van der Waals surface area contributed by atoms with Crippen LogP contribution in [0, 0.1) is 0 Å². The highest BCUT2D eigenvalue weighted by Gasteiger charge is 2.20. The van der Waals surface area contributed by atoms with E-state index in [1.165, 1.54) is 5.56 Å². The molecule has 21 heavy (non-hydrogen) atoms. The molecule has 1 aromatic rings. The molecule has 0 radical (unpaired) electrons. The molecule has 0 bridgehead atoms. The molecule has 0 saturated carbocycles. The lowest BCUT2D eigenvalue weighted by Crippen LogP contribution is -2.29. The van der Waals surface area contributed by atoms with Gasteiger partial charge in [-0.3, -0.25) is 0 Å². The van der Waals surface area contributed by atoms with Gasteiger partial charge in [-0.25, -0.2) is 0 Å². The van der Waals surface area contributed by atoms with Gasteiger partial charge in [0.2, 0.25) is 0 Å². The van der Waals surface area contributed by atoms with Gasteiger partial charge >= 0.3 is 0 Å². The Morgan fingerprint density at radius 1 is 1.38 bits per heavy atom. The summed E-state index contributed by atoms with van der Waals surface area (Å²) in [5.74, 6) is 0. The Morgan fingerprint density at radius 3 is 2.52 bits per heavy atom. The van der Waals surface area contributed by atoms with Crippen LogP contribution in [0.4, 0.5) is 0 Å². The monoisotopic (exact) mass is 310 g/mol. The summed E-state index contributed by atoms with van der Waals surface area (Å²) in [6, 6.07) is 10.4. The zero-order valence-electron chi connectivity index (χ0n) is 12.9. The summed E-state index contributed by atoms with van der Waals surface area (Å²) in [4.78, 5) is 1.68. The molecule has 4 nitrogen and oxygen atoms in total. The van der Waals surface area contributed by atoms with Crippen molar-refractivity contribution in [3.63, 3.8) is 0 Å². The summed E-state index contributed by atoms with van der Waals surface area (Å²) in [6.45, 7) is 0.709. The minimum absolute atomic E-state index is 0.153. The molecule has 0 spiro atoms. The van der Waals surface area contributed by atoms with Crippen LogP contribution in [0.3, 0.4) is 0 Å². The smallest absolute Gasteiger partial charge is 0.165 e. The molecule has 2 rings (SSSR count). The molecule has 0 amide bonds. The van der Waals surface area contributed by atoms with Crippen molar-refractivity contribution in [3.8, 4) is 0 Å². The van der Waals surface area contributed by atoms with Crippen LogP contribution in [-0.2, 0) is 11.2 Å². The Hall–Kier alpha value is -1.17. The number of aliphatic hydroxyl groups is 1. The van der Waals surface area contributed by atoms with E-state index < -0.39 is 0 Å². The third-order valence-corrected chi connectivity index (χ3v) is 3.74. The highest BCUT2D eigenvalue weighted by molar-refractivity contribution is 7.80. The topological polar surface area (TPSA) is 58.7 Å². The SMILES string of the molecule is CN(C)C(N)=S.OC1CCOC(CCc2ccccc2)C1. The van der Waals surface area contributed by atoms with Crippen molar-refractivity contribution in [2.45, 2.75) is 37.9 Å². The van der Waals surface area contributed by atoms with E-state index in [1.54, 1.807) is 4.90 Å². The largest absolute Gasteiger partial charge is 0.393 e. The lowest BCUT2D eigenvalue weighted by atomic mass is 10.00. The normalized spacial score (nSPS) is 21.1. The molecule has 1 aromatic carbocycles. The summed E-state index contributed by atoms with van der Waals surface area (Å²) < 4.78 is 5.61. The third kappa shape index (κ3) is 7.99. The third-order valence-electron chi connectivity index (χ3n) is 3.38. The Labute approximate surface area is 132 Å². The maximum Gasteiger partial charge on any atom is 0.165 e. The molecule has 0 aliphatic carbocycles. The average molecular weight is 310 g/mol. The van der Waals surface area contributed by atoms with Crippen LogP contribution < -0.4 is 5.73 Å². The van der Waals surface area contributed by atoms with Gasteiger partial charge in [0.15, 0.2) is 5.11 Å². The summed E-state index contributed by atoms with van der Waals surface area (Å²) in [5.41, 5.74) is 6.44. The summed E-state index contributed by atoms with van der Waals surface area (Å²) in [5, 5.41) is 9.92. The van der Waals surface area contributed by atoms with Crippen molar-refractivity contribution >= 4 is 17.3 Å². The Morgan fingerprint density at radius 2 is 2.00 bits per heavy atom. The highest BCUT2D eigenvalue weighted by atomic mass is 32.1. The minimum Gasteiger partial charge on any atom is -0.393 e. The fourth-order valence-electron chi connectivity index (χ4n) is 2.03. The predicted octanol–water partition coefficient (Wildman–Crippen LogP) is 1.95. The number of benzene rings is 1. The standard InChI is InChI=1S/C13H18O2.C3H8N2S/c14-12-8-9-15-13(10-12)7-6-11-4-2-1-3-5-11;1-5(2)3(4)6/h1-5,12-14H,6-10H2;1-2H3,(H2,4,6). The molecule has 1 saturated heterocycles. The van der Waals surface area contributed by atoms with Gasteiger partial charge in [0.05, 0.1) is 12.2 Å². The van der Waals surface area contributed by atoms with Crippen molar-refractivity contribution in [2.75, 3.05) is 20.7 Å². The highest BCUT2D eigenvalue weighted by Crippen LogP contribution is 2.18. The second-order valence-electron chi connectivity index (χ2n) is 5.43. The van der Waals surface area contributed by atoms with Crippen LogP contribution in [0.25, 0.3) is 0 Å². The molecule has 0 aromatic heterocycles. The fourth-order valence-corrected chi connectivity index (χ4v) is 2.03. The van der Waals surface area contributed by atoms with Gasteiger partial charge in [0.25, 0.3) is 0 Å². The molecule has 1 aliphatic rings. The quantitative estimate of drug-likeness (QED) is 0.836. The molecule has 1 heterocycles. The van der Waals surface area contributed by atoms with Crippen LogP contribution in [0.15, 0.2) is 30.3 Å². The van der Waals surface area contributed by atoms with Crippen molar-refractivity contribution < 1.29 is 9.84 Å². The van der Waals surface area contributed by atoms with Crippen LogP contribution in [0.5, 0.6) is 0 Å². The van der Waals surface area contributed by atoms with E-state index in [0.29, 0.717) is 11.7 Å². The molecule has 5 heteroatoms. The zero-order valence-corrected chi connectivity index (χ0v) is 13.7. The first-order valence-electron chi connectivity index (χ1n) is 7.29. The second kappa shape index (κ2) is 9.71. The summed E-state index contributed by atoms with van der Waals surface area (Å²) in [7, 11) is 3.62. The minimum atomic E-state index is -0.153. The van der Waals surface area contributed by atoms with Crippen molar-refractivity contribution in [2.24, 2.45) is 5.73 Å². The molecule has 2 atom stereocenters. The molecule has 118 valence electrons. The van der Waals surface area contributed by atoms with E-state index in [4.69, 9.17) is 10.5 Å². The number of ether oxygens (including phenoxy) is 1. The number of nitrogens with zero attached hydrogens (tertiary/aromatic N) is 1. The summed E-state index contributed by atoms with van der Waals surface area (Å²) >= 11 is 4.52. The Bertz CT molecular complexity index is 412. The number of nitrogens with two attached hydrogens (primary N) is 1. The zero-order chi connectivity index (χ0) is 15.7. The van der Waals surface area contributed by atoms with Crippen molar-refractivity contribution in [1.82, 2.24) is 4.90 Å². The molecule has 2 unspecified atom stereocenters. The van der Waals surface area contributed by atoms with E-state index in [-0.39, 0.29) is 12.2 Å². The number of aliphatic hydroxyl groups excluding tert-OH is 1. The predicted molar refractivity (Wildman–Crippen MR) is 90.2 cm³/mol. The summed E-state index contributed by atoms with van der Waals surface area (Å²) in [6.07, 6.45) is 3.74. The van der Waals surface area contributed by atoms with Crippen molar-refractivity contribution in [3.05, 3.63) is 35.9 Å². The van der Waals surface area contributed by atoms with Crippen LogP contribution in [0.1, 0.15) is 24.8 Å². The molecule has 1 aliphatic heterocycles. The maximum absolute atomic E-state index is 9.50. The second-order valence-corrected chi connectivity index (χ2v) is 5.85. The van der Waals surface area contributed by atoms with Crippen LogP contribution >= 0.6 is 12.2 Å². The number of aryl methyl sites for hydroxylation is 1. The number of hydrogen-bond donors (Lipinski definition) is 2. The van der Waals surface area contributed by atoms with Gasteiger partial charge in [-0.05, 0) is 43.5 Å². The number of thiocarbonyl (C=S) groups is 1. The Balaban J connectivity index is 0.000000315. The van der Waals surface area contributed by atoms with Crippen molar-refractivity contribution in [1.29, 1.82) is 0 Å².